The third-order valence-electron chi connectivity index (χ3n) is 4.78. The first kappa shape index (κ1) is 19.7. The topological polar surface area (TPSA) is 61.8 Å². The van der Waals surface area contributed by atoms with E-state index in [-0.39, 0.29) is 11.8 Å². The molecule has 2 aromatic carbocycles. The molecule has 0 aromatic heterocycles. The number of amidine groups is 1. The van der Waals surface area contributed by atoms with E-state index in [1.54, 1.807) is 24.3 Å². The maximum Gasteiger partial charge on any atom is 0.286 e. The van der Waals surface area contributed by atoms with Crippen LogP contribution in [-0.2, 0) is 4.79 Å². The Hall–Kier alpha value is -2.57. The summed E-state index contributed by atoms with van der Waals surface area (Å²) in [6, 6.07) is 14.1. The van der Waals surface area contributed by atoms with Gasteiger partial charge in [0.05, 0.1) is 4.91 Å². The second-order valence-electron chi connectivity index (χ2n) is 6.94. The van der Waals surface area contributed by atoms with Gasteiger partial charge in [0.1, 0.15) is 0 Å². The van der Waals surface area contributed by atoms with E-state index >= 15 is 0 Å². The number of carbonyl (C=O) groups excluding carboxylic acids is 2. The van der Waals surface area contributed by atoms with Crippen LogP contribution in [0.5, 0.6) is 0 Å². The zero-order valence-corrected chi connectivity index (χ0v) is 17.3. The van der Waals surface area contributed by atoms with Crippen LogP contribution in [0.1, 0.15) is 35.2 Å². The normalized spacial score (nSPS) is 18.1. The van der Waals surface area contributed by atoms with Crippen LogP contribution < -0.4 is 5.32 Å². The molecule has 2 aliphatic heterocycles. The molecule has 0 aliphatic carbocycles. The molecule has 29 heavy (non-hydrogen) atoms. The lowest BCUT2D eigenvalue weighted by molar-refractivity contribution is -0.113. The van der Waals surface area contributed by atoms with Gasteiger partial charge in [0, 0.05) is 29.4 Å². The first-order valence-corrected chi connectivity index (χ1v) is 10.7. The SMILES string of the molecule is O=C1N=C(N2CCCCC2)S/C1=C\c1cccc(NC(=O)c2ccc(Cl)cc2)c1. The van der Waals surface area contributed by atoms with Gasteiger partial charge in [-0.2, -0.15) is 4.99 Å². The van der Waals surface area contributed by atoms with Gasteiger partial charge in [-0.15, -0.1) is 0 Å². The minimum absolute atomic E-state index is 0.203. The Morgan fingerprint density at radius 2 is 1.86 bits per heavy atom. The Morgan fingerprint density at radius 3 is 2.62 bits per heavy atom. The van der Waals surface area contributed by atoms with Gasteiger partial charge < -0.3 is 10.2 Å². The molecule has 1 N–H and O–H groups in total. The second kappa shape index (κ2) is 8.84. The van der Waals surface area contributed by atoms with Crippen molar-refractivity contribution in [1.29, 1.82) is 0 Å². The molecule has 0 unspecified atom stereocenters. The van der Waals surface area contributed by atoms with E-state index in [9.17, 15) is 9.59 Å². The fourth-order valence-electron chi connectivity index (χ4n) is 3.28. The molecule has 2 aromatic rings. The molecule has 1 fully saturated rings. The Kier molecular flexibility index (Phi) is 6.02. The van der Waals surface area contributed by atoms with Gasteiger partial charge in [0.15, 0.2) is 5.17 Å². The standard InChI is InChI=1S/C22H20ClN3O2S/c23-17-9-7-16(8-10-17)20(27)24-18-6-4-5-15(13-18)14-19-21(28)25-22(29-19)26-11-2-1-3-12-26/h4-10,13-14H,1-3,11-12H2,(H,24,27)/b19-14-. The highest BCUT2D eigenvalue weighted by molar-refractivity contribution is 8.18. The van der Waals surface area contributed by atoms with Gasteiger partial charge >= 0.3 is 0 Å². The van der Waals surface area contributed by atoms with Crippen LogP contribution in [0.25, 0.3) is 6.08 Å². The van der Waals surface area contributed by atoms with Gasteiger partial charge in [0.2, 0.25) is 0 Å². The van der Waals surface area contributed by atoms with Crippen molar-refractivity contribution in [2.24, 2.45) is 4.99 Å². The van der Waals surface area contributed by atoms with Crippen molar-refractivity contribution in [3.63, 3.8) is 0 Å². The third-order valence-corrected chi connectivity index (χ3v) is 6.08. The molecule has 0 spiro atoms. The molecule has 7 heteroatoms. The number of thioether (sulfide) groups is 1. The van der Waals surface area contributed by atoms with Crippen LogP contribution in [0.4, 0.5) is 5.69 Å². The molecular formula is C22H20ClN3O2S. The van der Waals surface area contributed by atoms with Crippen LogP contribution in [0.15, 0.2) is 58.4 Å². The summed E-state index contributed by atoms with van der Waals surface area (Å²) in [5.74, 6) is -0.417. The first-order chi connectivity index (χ1) is 14.1. The number of likely N-dealkylation sites (tertiary alicyclic amines) is 1. The van der Waals surface area contributed by atoms with E-state index < -0.39 is 0 Å². The minimum Gasteiger partial charge on any atom is -0.351 e. The van der Waals surface area contributed by atoms with Crippen molar-refractivity contribution in [1.82, 2.24) is 4.90 Å². The zero-order valence-electron chi connectivity index (χ0n) is 15.7. The van der Waals surface area contributed by atoms with E-state index in [4.69, 9.17) is 11.6 Å². The number of nitrogens with one attached hydrogen (secondary N) is 1. The number of rotatable bonds is 3. The van der Waals surface area contributed by atoms with Crippen molar-refractivity contribution in [3.8, 4) is 0 Å². The number of hydrogen-bond donors (Lipinski definition) is 1. The van der Waals surface area contributed by atoms with E-state index in [2.05, 4.69) is 15.2 Å². The summed E-state index contributed by atoms with van der Waals surface area (Å²) in [5, 5.41) is 4.26. The molecule has 1 saturated heterocycles. The van der Waals surface area contributed by atoms with Crippen LogP contribution in [0.2, 0.25) is 5.02 Å². The summed E-state index contributed by atoms with van der Waals surface area (Å²) < 4.78 is 0. The molecule has 5 nitrogen and oxygen atoms in total. The summed E-state index contributed by atoms with van der Waals surface area (Å²) >= 11 is 7.30. The average molecular weight is 426 g/mol. The number of piperidine rings is 1. The van der Waals surface area contributed by atoms with E-state index in [0.29, 0.717) is 21.2 Å². The third kappa shape index (κ3) is 4.89. The van der Waals surface area contributed by atoms with Crippen molar-refractivity contribution < 1.29 is 9.59 Å². The summed E-state index contributed by atoms with van der Waals surface area (Å²) in [6.07, 6.45) is 5.34. The van der Waals surface area contributed by atoms with E-state index in [1.807, 2.05) is 30.3 Å². The number of benzene rings is 2. The smallest absolute Gasteiger partial charge is 0.286 e. The molecule has 2 aliphatic rings. The Morgan fingerprint density at radius 1 is 1.10 bits per heavy atom. The Balaban J connectivity index is 1.45. The average Bonchev–Trinajstić information content (AvgIpc) is 3.10. The lowest BCUT2D eigenvalue weighted by Crippen LogP contribution is -2.33. The molecule has 2 amide bonds. The molecule has 4 rings (SSSR count). The number of halogens is 1. The van der Waals surface area contributed by atoms with Gasteiger partial charge in [0.25, 0.3) is 11.8 Å². The fourth-order valence-corrected chi connectivity index (χ4v) is 4.37. The maximum absolute atomic E-state index is 12.4. The van der Waals surface area contributed by atoms with Crippen molar-refractivity contribution in [2.75, 3.05) is 18.4 Å². The van der Waals surface area contributed by atoms with Crippen molar-refractivity contribution in [2.45, 2.75) is 19.3 Å². The second-order valence-corrected chi connectivity index (χ2v) is 8.39. The molecule has 0 atom stereocenters. The number of hydrogen-bond acceptors (Lipinski definition) is 4. The van der Waals surface area contributed by atoms with Crippen LogP contribution >= 0.6 is 23.4 Å². The summed E-state index contributed by atoms with van der Waals surface area (Å²) in [7, 11) is 0. The number of amides is 2. The number of anilines is 1. The first-order valence-electron chi connectivity index (χ1n) is 9.53. The Bertz CT molecular complexity index is 995. The van der Waals surface area contributed by atoms with Gasteiger partial charge in [-0.05, 0) is 79.1 Å². The van der Waals surface area contributed by atoms with E-state index in [1.165, 1.54) is 18.2 Å². The van der Waals surface area contributed by atoms with Crippen molar-refractivity contribution >= 4 is 52.1 Å². The predicted octanol–water partition coefficient (Wildman–Crippen LogP) is 5.05. The minimum atomic E-state index is -0.214. The molecule has 0 saturated carbocycles. The molecule has 0 radical (unpaired) electrons. The summed E-state index contributed by atoms with van der Waals surface area (Å²) in [6.45, 7) is 1.91. The number of nitrogens with zero attached hydrogens (tertiary/aromatic N) is 2. The van der Waals surface area contributed by atoms with Crippen LogP contribution in [-0.4, -0.2) is 35.0 Å². The highest BCUT2D eigenvalue weighted by Gasteiger charge is 2.26. The molecule has 0 bridgehead atoms. The fraction of sp³-hybridized carbons (Fsp3) is 0.227. The zero-order chi connectivity index (χ0) is 20.2. The molecular weight excluding hydrogens is 406 g/mol. The highest BCUT2D eigenvalue weighted by Crippen LogP contribution is 2.31. The maximum atomic E-state index is 12.4. The van der Waals surface area contributed by atoms with Crippen LogP contribution in [0.3, 0.4) is 0 Å². The summed E-state index contributed by atoms with van der Waals surface area (Å²) in [5.41, 5.74) is 2.02. The summed E-state index contributed by atoms with van der Waals surface area (Å²) in [4.78, 5) is 31.7. The molecule has 2 heterocycles. The number of carbonyl (C=O) groups is 2. The predicted molar refractivity (Wildman–Crippen MR) is 119 cm³/mol. The van der Waals surface area contributed by atoms with E-state index in [0.717, 1.165) is 36.7 Å². The highest BCUT2D eigenvalue weighted by atomic mass is 35.5. The van der Waals surface area contributed by atoms with Crippen molar-refractivity contribution in [3.05, 3.63) is 69.6 Å². The molecule has 148 valence electrons. The van der Waals surface area contributed by atoms with Gasteiger partial charge in [-0.3, -0.25) is 9.59 Å². The lowest BCUT2D eigenvalue weighted by atomic mass is 10.1. The van der Waals surface area contributed by atoms with Crippen LogP contribution in [0, 0.1) is 0 Å². The number of aliphatic imine (C=N–C) groups is 1. The largest absolute Gasteiger partial charge is 0.351 e. The monoisotopic (exact) mass is 425 g/mol. The lowest BCUT2D eigenvalue weighted by Gasteiger charge is -2.27. The quantitative estimate of drug-likeness (QED) is 0.699. The van der Waals surface area contributed by atoms with Gasteiger partial charge in [-0.25, -0.2) is 0 Å². The van der Waals surface area contributed by atoms with Gasteiger partial charge in [-0.1, -0.05) is 23.7 Å². The Labute approximate surface area is 178 Å².